The van der Waals surface area contributed by atoms with Gasteiger partial charge in [-0.2, -0.15) is 5.10 Å². The number of fused-ring (bicyclic) bond motifs is 1. The lowest BCUT2D eigenvalue weighted by molar-refractivity contribution is 0.243. The molecule has 110 valence electrons. The third-order valence-corrected chi connectivity index (χ3v) is 3.42. The van der Waals surface area contributed by atoms with Crippen molar-refractivity contribution in [1.82, 2.24) is 30.0 Å². The van der Waals surface area contributed by atoms with Crippen LogP contribution in [0.5, 0.6) is 0 Å². The zero-order chi connectivity index (χ0) is 14.7. The molecule has 0 saturated heterocycles. The molecule has 2 N–H and O–H groups in total. The lowest BCUT2D eigenvalue weighted by Crippen LogP contribution is -2.43. The minimum absolute atomic E-state index is 0.0510. The highest BCUT2D eigenvalue weighted by molar-refractivity contribution is 5.89. The number of rotatable bonds is 3. The molecule has 0 aromatic carbocycles. The SMILES string of the molecule is CCc1ncc(NC(=O)N[C@@H]2CCc3ncnn3C2)cn1. The van der Waals surface area contributed by atoms with Gasteiger partial charge in [-0.1, -0.05) is 6.92 Å². The van der Waals surface area contributed by atoms with Crippen LogP contribution in [0.1, 0.15) is 25.0 Å². The van der Waals surface area contributed by atoms with E-state index in [1.165, 1.54) is 0 Å². The first-order valence-corrected chi connectivity index (χ1v) is 6.99. The fraction of sp³-hybridized carbons (Fsp3) is 0.462. The van der Waals surface area contributed by atoms with E-state index < -0.39 is 0 Å². The lowest BCUT2D eigenvalue weighted by Gasteiger charge is -2.23. The van der Waals surface area contributed by atoms with Gasteiger partial charge < -0.3 is 10.6 Å². The molecule has 0 spiro atoms. The van der Waals surface area contributed by atoms with Crippen LogP contribution in [-0.4, -0.2) is 36.8 Å². The molecule has 8 nitrogen and oxygen atoms in total. The van der Waals surface area contributed by atoms with Crippen LogP contribution in [0, 0.1) is 0 Å². The zero-order valence-corrected chi connectivity index (χ0v) is 11.8. The second-order valence-electron chi connectivity index (χ2n) is 4.93. The monoisotopic (exact) mass is 287 g/mol. The Bertz CT molecular complexity index is 622. The van der Waals surface area contributed by atoms with Gasteiger partial charge in [-0.25, -0.2) is 24.4 Å². The van der Waals surface area contributed by atoms with E-state index >= 15 is 0 Å². The maximum absolute atomic E-state index is 12.0. The number of nitrogens with zero attached hydrogens (tertiary/aromatic N) is 5. The number of anilines is 1. The maximum atomic E-state index is 12.0. The molecule has 0 fully saturated rings. The first kappa shape index (κ1) is 13.5. The van der Waals surface area contributed by atoms with Gasteiger partial charge in [0.05, 0.1) is 30.7 Å². The van der Waals surface area contributed by atoms with Crippen molar-refractivity contribution in [3.05, 3.63) is 30.4 Å². The van der Waals surface area contributed by atoms with Gasteiger partial charge in [-0.3, -0.25) is 0 Å². The molecule has 0 radical (unpaired) electrons. The molecule has 1 atom stereocenters. The predicted molar refractivity (Wildman–Crippen MR) is 75.7 cm³/mol. The maximum Gasteiger partial charge on any atom is 0.319 e. The number of carbonyl (C=O) groups excluding carboxylic acids is 1. The number of hydrogen-bond acceptors (Lipinski definition) is 5. The Kier molecular flexibility index (Phi) is 3.76. The predicted octanol–water partition coefficient (Wildman–Crippen LogP) is 0.767. The summed E-state index contributed by atoms with van der Waals surface area (Å²) in [4.78, 5) is 24.4. The quantitative estimate of drug-likeness (QED) is 0.869. The van der Waals surface area contributed by atoms with E-state index in [1.54, 1.807) is 18.7 Å². The highest BCUT2D eigenvalue weighted by Crippen LogP contribution is 2.11. The summed E-state index contributed by atoms with van der Waals surface area (Å²) in [5.74, 6) is 1.73. The van der Waals surface area contributed by atoms with Gasteiger partial charge in [0.25, 0.3) is 0 Å². The zero-order valence-electron chi connectivity index (χ0n) is 11.8. The van der Waals surface area contributed by atoms with Gasteiger partial charge in [0.2, 0.25) is 0 Å². The number of carbonyl (C=O) groups is 1. The Labute approximate surface area is 122 Å². The highest BCUT2D eigenvalue weighted by Gasteiger charge is 2.21. The Hall–Kier alpha value is -2.51. The van der Waals surface area contributed by atoms with Crippen LogP contribution in [0.2, 0.25) is 0 Å². The van der Waals surface area contributed by atoms with E-state index in [2.05, 4.69) is 30.7 Å². The smallest absolute Gasteiger partial charge is 0.319 e. The van der Waals surface area contributed by atoms with Crippen molar-refractivity contribution < 1.29 is 4.79 Å². The molecule has 8 heteroatoms. The first-order valence-electron chi connectivity index (χ1n) is 6.99. The van der Waals surface area contributed by atoms with Crippen LogP contribution < -0.4 is 10.6 Å². The molecule has 2 aromatic rings. The first-order chi connectivity index (χ1) is 10.2. The fourth-order valence-electron chi connectivity index (χ4n) is 2.31. The number of urea groups is 1. The number of nitrogens with one attached hydrogen (secondary N) is 2. The van der Waals surface area contributed by atoms with E-state index in [0.717, 1.165) is 30.9 Å². The fourth-order valence-corrected chi connectivity index (χ4v) is 2.31. The van der Waals surface area contributed by atoms with Gasteiger partial charge in [0.1, 0.15) is 18.0 Å². The van der Waals surface area contributed by atoms with Crippen LogP contribution in [0.4, 0.5) is 10.5 Å². The van der Waals surface area contributed by atoms with Crippen LogP contribution in [-0.2, 0) is 19.4 Å². The second kappa shape index (κ2) is 5.86. The Balaban J connectivity index is 1.54. The molecule has 3 rings (SSSR count). The normalized spacial score (nSPS) is 17.1. The largest absolute Gasteiger partial charge is 0.333 e. The second-order valence-corrected chi connectivity index (χ2v) is 4.93. The van der Waals surface area contributed by atoms with Crippen molar-refractivity contribution in [2.75, 3.05) is 5.32 Å². The summed E-state index contributed by atoms with van der Waals surface area (Å²) >= 11 is 0. The van der Waals surface area contributed by atoms with Crippen molar-refractivity contribution in [2.45, 2.75) is 38.8 Å². The lowest BCUT2D eigenvalue weighted by atomic mass is 10.1. The standard InChI is InChI=1S/C13H17N7O/c1-2-11-14-5-10(6-15-11)19-13(21)18-9-3-4-12-16-8-17-20(12)7-9/h5-6,8-9H,2-4,7H2,1H3,(H2,18,19,21)/t9-/m1/s1. The molecule has 3 heterocycles. The summed E-state index contributed by atoms with van der Waals surface area (Å²) in [6.07, 6.45) is 7.22. The van der Waals surface area contributed by atoms with Crippen LogP contribution in [0.25, 0.3) is 0 Å². The molecule has 0 bridgehead atoms. The summed E-state index contributed by atoms with van der Waals surface area (Å²) in [7, 11) is 0. The Morgan fingerprint density at radius 3 is 2.95 bits per heavy atom. The van der Waals surface area contributed by atoms with Crippen LogP contribution >= 0.6 is 0 Å². The van der Waals surface area contributed by atoms with Crippen molar-refractivity contribution >= 4 is 11.7 Å². The van der Waals surface area contributed by atoms with Gasteiger partial charge in [-0.15, -0.1) is 0 Å². The van der Waals surface area contributed by atoms with Crippen molar-refractivity contribution in [2.24, 2.45) is 0 Å². The molecule has 0 unspecified atom stereocenters. The van der Waals surface area contributed by atoms with E-state index in [9.17, 15) is 4.79 Å². The number of hydrogen-bond donors (Lipinski definition) is 2. The summed E-state index contributed by atoms with van der Waals surface area (Å²) < 4.78 is 1.83. The molecular formula is C13H17N7O. The van der Waals surface area contributed by atoms with Crippen molar-refractivity contribution in [3.63, 3.8) is 0 Å². The van der Waals surface area contributed by atoms with E-state index in [0.29, 0.717) is 12.2 Å². The average molecular weight is 287 g/mol. The van der Waals surface area contributed by atoms with Gasteiger partial charge >= 0.3 is 6.03 Å². The number of aryl methyl sites for hydroxylation is 2. The molecule has 21 heavy (non-hydrogen) atoms. The molecule has 2 aromatic heterocycles. The Morgan fingerprint density at radius 2 is 2.19 bits per heavy atom. The molecule has 1 aliphatic heterocycles. The van der Waals surface area contributed by atoms with Gasteiger partial charge in [0.15, 0.2) is 0 Å². The minimum Gasteiger partial charge on any atom is -0.333 e. The number of aromatic nitrogens is 5. The van der Waals surface area contributed by atoms with E-state index in [1.807, 2.05) is 11.6 Å². The summed E-state index contributed by atoms with van der Waals surface area (Å²) in [5.41, 5.74) is 0.585. The molecule has 1 aliphatic rings. The Morgan fingerprint density at radius 1 is 1.38 bits per heavy atom. The molecule has 0 saturated carbocycles. The third-order valence-electron chi connectivity index (χ3n) is 3.42. The van der Waals surface area contributed by atoms with Crippen LogP contribution in [0.15, 0.2) is 18.7 Å². The summed E-state index contributed by atoms with van der Waals surface area (Å²) in [6, 6.07) is -0.202. The van der Waals surface area contributed by atoms with Gasteiger partial charge in [0, 0.05) is 12.8 Å². The third kappa shape index (κ3) is 3.15. The molecule has 0 aliphatic carbocycles. The van der Waals surface area contributed by atoms with E-state index in [4.69, 9.17) is 0 Å². The number of amides is 2. The minimum atomic E-state index is -0.253. The van der Waals surface area contributed by atoms with Crippen LogP contribution in [0.3, 0.4) is 0 Å². The summed E-state index contributed by atoms with van der Waals surface area (Å²) in [6.45, 7) is 2.63. The molecular weight excluding hydrogens is 270 g/mol. The highest BCUT2D eigenvalue weighted by atomic mass is 16.2. The molecule has 2 amide bonds. The topological polar surface area (TPSA) is 97.6 Å². The summed E-state index contributed by atoms with van der Waals surface area (Å²) in [5, 5.41) is 9.80. The van der Waals surface area contributed by atoms with Gasteiger partial charge in [-0.05, 0) is 6.42 Å². The van der Waals surface area contributed by atoms with E-state index in [-0.39, 0.29) is 12.1 Å². The van der Waals surface area contributed by atoms with Crippen molar-refractivity contribution in [1.29, 1.82) is 0 Å². The average Bonchev–Trinajstić information content (AvgIpc) is 2.95. The van der Waals surface area contributed by atoms with Crippen molar-refractivity contribution in [3.8, 4) is 0 Å².